The van der Waals surface area contributed by atoms with Crippen molar-refractivity contribution in [1.29, 1.82) is 0 Å². The number of amides is 2. The third-order valence-electron chi connectivity index (χ3n) is 5.23. The van der Waals surface area contributed by atoms with Crippen LogP contribution in [0.25, 0.3) is 11.3 Å². The van der Waals surface area contributed by atoms with Crippen molar-refractivity contribution in [3.63, 3.8) is 0 Å². The first-order chi connectivity index (χ1) is 14.9. The first-order valence-corrected chi connectivity index (χ1v) is 10.6. The first-order valence-electron chi connectivity index (χ1n) is 9.62. The summed E-state index contributed by atoms with van der Waals surface area (Å²) in [5.74, 6) is -0.413. The van der Waals surface area contributed by atoms with E-state index in [4.69, 9.17) is 4.74 Å². The van der Waals surface area contributed by atoms with E-state index < -0.39 is 34.6 Å². The van der Waals surface area contributed by atoms with Crippen LogP contribution in [0.1, 0.15) is 24.6 Å². The van der Waals surface area contributed by atoms with Crippen LogP contribution in [0.3, 0.4) is 0 Å². The maximum Gasteiger partial charge on any atom is 0.320 e. The molecule has 2 aliphatic rings. The van der Waals surface area contributed by atoms with Crippen LogP contribution >= 0.6 is 11.3 Å². The molecule has 3 N–H and O–H groups in total. The number of nitrogens with one attached hydrogen (secondary N) is 2. The first kappa shape index (κ1) is 20.8. The Morgan fingerprint density at radius 1 is 1.45 bits per heavy atom. The number of aromatic nitrogens is 2. The molecule has 0 bridgehead atoms. The second kappa shape index (κ2) is 8.36. The molecular weight excluding hydrogens is 422 g/mol. The summed E-state index contributed by atoms with van der Waals surface area (Å²) in [5, 5.41) is 35.7. The summed E-state index contributed by atoms with van der Waals surface area (Å²) in [7, 11) is 1.77. The van der Waals surface area contributed by atoms with Crippen LogP contribution in [0, 0.1) is 10.1 Å². The highest BCUT2D eigenvalue weighted by Gasteiger charge is 2.38. The van der Waals surface area contributed by atoms with Gasteiger partial charge in [-0.25, -0.2) is 4.79 Å². The van der Waals surface area contributed by atoms with Gasteiger partial charge < -0.3 is 20.5 Å². The maximum absolute atomic E-state index is 12.6. The number of thiophene rings is 1. The van der Waals surface area contributed by atoms with E-state index in [2.05, 4.69) is 15.7 Å². The minimum absolute atomic E-state index is 0.203. The molecule has 10 nitrogen and oxygen atoms in total. The van der Waals surface area contributed by atoms with Crippen molar-refractivity contribution in [2.45, 2.75) is 25.5 Å². The second-order valence-electron chi connectivity index (χ2n) is 7.07. The molecular formula is C20H21N5O5S. The highest BCUT2D eigenvalue weighted by Crippen LogP contribution is 2.38. The van der Waals surface area contributed by atoms with Gasteiger partial charge in [0.15, 0.2) is 0 Å². The quantitative estimate of drug-likeness (QED) is 0.465. The normalized spacial score (nSPS) is 21.6. The van der Waals surface area contributed by atoms with Crippen LogP contribution in [0.4, 0.5) is 4.79 Å². The molecule has 2 amide bonds. The molecule has 4 rings (SSSR count). The fourth-order valence-corrected chi connectivity index (χ4v) is 4.52. The number of hydrogen-bond acceptors (Lipinski definition) is 7. The van der Waals surface area contributed by atoms with Crippen molar-refractivity contribution < 1.29 is 19.6 Å². The van der Waals surface area contributed by atoms with Gasteiger partial charge in [0.1, 0.15) is 6.10 Å². The highest BCUT2D eigenvalue weighted by atomic mass is 32.1. The molecule has 0 aromatic carbocycles. The zero-order chi connectivity index (χ0) is 22.1. The van der Waals surface area contributed by atoms with E-state index >= 15 is 0 Å². The summed E-state index contributed by atoms with van der Waals surface area (Å²) in [4.78, 5) is 23.5. The van der Waals surface area contributed by atoms with Crippen LogP contribution in [-0.4, -0.2) is 44.6 Å². The lowest BCUT2D eigenvalue weighted by Gasteiger charge is -2.34. The van der Waals surface area contributed by atoms with E-state index in [0.29, 0.717) is 17.0 Å². The summed E-state index contributed by atoms with van der Waals surface area (Å²) in [6.45, 7) is 2.03. The molecule has 1 aliphatic heterocycles. The zero-order valence-electron chi connectivity index (χ0n) is 16.9. The summed E-state index contributed by atoms with van der Waals surface area (Å²) >= 11 is 1.50. The molecule has 0 fully saturated rings. The van der Waals surface area contributed by atoms with Crippen LogP contribution in [0.15, 0.2) is 52.2 Å². The predicted molar refractivity (Wildman–Crippen MR) is 115 cm³/mol. The lowest BCUT2D eigenvalue weighted by atomic mass is 9.85. The van der Waals surface area contributed by atoms with Gasteiger partial charge in [0, 0.05) is 37.9 Å². The molecule has 0 spiro atoms. The number of carbonyl (C=O) groups is 1. The molecule has 31 heavy (non-hydrogen) atoms. The van der Waals surface area contributed by atoms with Crippen LogP contribution < -0.4 is 10.6 Å². The fourth-order valence-electron chi connectivity index (χ4n) is 3.86. The van der Waals surface area contributed by atoms with E-state index in [1.807, 2.05) is 16.8 Å². The Balaban J connectivity index is 1.90. The average Bonchev–Trinajstić information content (AvgIpc) is 3.40. The van der Waals surface area contributed by atoms with E-state index in [0.717, 1.165) is 11.1 Å². The molecule has 2 unspecified atom stereocenters. The Kier molecular flexibility index (Phi) is 5.61. The van der Waals surface area contributed by atoms with Crippen molar-refractivity contribution >= 4 is 28.6 Å². The Labute approximate surface area is 181 Å². The topological polar surface area (TPSA) is 132 Å². The fraction of sp³-hybridized carbons (Fsp3) is 0.300. The molecule has 2 aromatic heterocycles. The smallest absolute Gasteiger partial charge is 0.320 e. The number of hydrogen-bond donors (Lipinski definition) is 3. The number of carbonyl (C=O) groups excluding carboxylic acids is 1. The molecule has 11 heteroatoms. The van der Waals surface area contributed by atoms with E-state index in [-0.39, 0.29) is 13.0 Å². The van der Waals surface area contributed by atoms with Gasteiger partial charge in [0.05, 0.1) is 22.4 Å². The van der Waals surface area contributed by atoms with Gasteiger partial charge in [0.25, 0.3) is 0 Å². The number of allylic oxidation sites excluding steroid dienone is 1. The van der Waals surface area contributed by atoms with E-state index in [1.54, 1.807) is 30.9 Å². The van der Waals surface area contributed by atoms with Gasteiger partial charge >= 0.3 is 11.7 Å². The molecule has 3 heterocycles. The molecule has 0 radical (unpaired) electrons. The summed E-state index contributed by atoms with van der Waals surface area (Å²) in [6, 6.07) is 2.62. The minimum atomic E-state index is -0.860. The number of rotatable bonds is 6. The minimum Gasteiger partial charge on any atom is -0.504 e. The largest absolute Gasteiger partial charge is 0.504 e. The Hall–Kier alpha value is -3.44. The van der Waals surface area contributed by atoms with Gasteiger partial charge in [-0.15, -0.1) is 0 Å². The summed E-state index contributed by atoms with van der Waals surface area (Å²) < 4.78 is 7.21. The van der Waals surface area contributed by atoms with E-state index in [1.165, 1.54) is 17.4 Å². The lowest BCUT2D eigenvalue weighted by molar-refractivity contribution is -0.423. The van der Waals surface area contributed by atoms with Crippen molar-refractivity contribution in [3.05, 3.63) is 73.6 Å². The average molecular weight is 443 g/mol. The number of aliphatic hydroxyl groups excluding tert-OH is 1. The van der Waals surface area contributed by atoms with Gasteiger partial charge in [-0.05, 0) is 41.0 Å². The number of nitro groups is 1. The lowest BCUT2D eigenvalue weighted by Crippen LogP contribution is -2.49. The SMILES string of the molecule is CCOC1CC(C2NC(=O)NC(c3ccnn3C)=C2c2ccsc2)=CC([N+](=O)[O-])=C1O. The van der Waals surface area contributed by atoms with Gasteiger partial charge in [-0.2, -0.15) is 16.4 Å². The van der Waals surface area contributed by atoms with Gasteiger partial charge in [0.2, 0.25) is 5.76 Å². The molecule has 1 aliphatic carbocycles. The zero-order valence-corrected chi connectivity index (χ0v) is 17.7. The molecule has 162 valence electrons. The Morgan fingerprint density at radius 3 is 2.87 bits per heavy atom. The Bertz CT molecular complexity index is 1110. The Morgan fingerprint density at radius 2 is 2.26 bits per heavy atom. The highest BCUT2D eigenvalue weighted by molar-refractivity contribution is 7.08. The summed E-state index contributed by atoms with van der Waals surface area (Å²) in [6.07, 6.45) is 2.30. The van der Waals surface area contributed by atoms with Gasteiger partial charge in [-0.1, -0.05) is 0 Å². The third-order valence-corrected chi connectivity index (χ3v) is 5.91. The van der Waals surface area contributed by atoms with Crippen LogP contribution in [0.2, 0.25) is 0 Å². The van der Waals surface area contributed by atoms with Crippen molar-refractivity contribution in [1.82, 2.24) is 20.4 Å². The number of aryl methyl sites for hydroxylation is 1. The van der Waals surface area contributed by atoms with Crippen molar-refractivity contribution in [3.8, 4) is 0 Å². The number of nitrogens with zero attached hydrogens (tertiary/aromatic N) is 3. The molecule has 0 saturated carbocycles. The van der Waals surface area contributed by atoms with Crippen LogP contribution in [-0.2, 0) is 11.8 Å². The van der Waals surface area contributed by atoms with Crippen LogP contribution in [0.5, 0.6) is 0 Å². The number of ether oxygens (including phenoxy) is 1. The maximum atomic E-state index is 12.6. The van der Waals surface area contributed by atoms with Gasteiger partial charge in [-0.3, -0.25) is 14.8 Å². The number of aliphatic hydroxyl groups is 1. The molecule has 0 saturated heterocycles. The van der Waals surface area contributed by atoms with E-state index in [9.17, 15) is 20.0 Å². The standard InChI is InChI=1S/C20H21N5O5S/c1-3-30-15-9-12(8-14(19(15)26)25(28)29)17-16(11-5-7-31-10-11)18(23-20(27)22-17)13-4-6-21-24(13)2/h4-8,10,15,17,26H,3,9H2,1-2H3,(H2,22,23,27). The predicted octanol–water partition coefficient (Wildman–Crippen LogP) is 2.81. The molecule has 2 atom stereocenters. The summed E-state index contributed by atoms with van der Waals surface area (Å²) in [5.41, 5.74) is 3.04. The molecule has 2 aromatic rings. The monoisotopic (exact) mass is 443 g/mol. The van der Waals surface area contributed by atoms with Crippen molar-refractivity contribution in [2.24, 2.45) is 7.05 Å². The third kappa shape index (κ3) is 3.84. The van der Waals surface area contributed by atoms with Crippen molar-refractivity contribution in [2.75, 3.05) is 6.61 Å². The number of urea groups is 1. The second-order valence-corrected chi connectivity index (χ2v) is 7.85.